The molecular formula is C18H16O3. The first-order valence-electron chi connectivity index (χ1n) is 7.17. The van der Waals surface area contributed by atoms with Crippen molar-refractivity contribution in [1.82, 2.24) is 0 Å². The number of benzene rings is 2. The van der Waals surface area contributed by atoms with Crippen LogP contribution in [0.25, 0.3) is 0 Å². The molecule has 106 valence electrons. The molecule has 0 fully saturated rings. The number of fused-ring (bicyclic) bond motifs is 7. The first-order chi connectivity index (χ1) is 10.2. The molecular weight excluding hydrogens is 264 g/mol. The summed E-state index contributed by atoms with van der Waals surface area (Å²) in [6.07, 6.45) is -0.662. The van der Waals surface area contributed by atoms with E-state index in [1.807, 2.05) is 42.5 Å². The van der Waals surface area contributed by atoms with Gasteiger partial charge in [-0.3, -0.25) is 4.79 Å². The standard InChI is InChI=1S/C18H16O3/c1-21-18(20)16-14-10-6-2-3-7-11(10)15(16)17(19)13-9-5-4-8-12(13)14/h2-9,14-17,19H,1H3. The lowest BCUT2D eigenvalue weighted by molar-refractivity contribution is -0.148. The second kappa shape index (κ2) is 4.43. The number of methoxy groups -OCH3 is 1. The monoisotopic (exact) mass is 280 g/mol. The van der Waals surface area contributed by atoms with Gasteiger partial charge in [-0.2, -0.15) is 0 Å². The van der Waals surface area contributed by atoms with Crippen molar-refractivity contribution in [1.29, 1.82) is 0 Å². The summed E-state index contributed by atoms with van der Waals surface area (Å²) in [5, 5.41) is 10.8. The summed E-state index contributed by atoms with van der Waals surface area (Å²) >= 11 is 0. The van der Waals surface area contributed by atoms with Crippen molar-refractivity contribution >= 4 is 5.97 Å². The van der Waals surface area contributed by atoms with E-state index in [0.717, 1.165) is 22.3 Å². The predicted octanol–water partition coefficient (Wildman–Crippen LogP) is 2.75. The van der Waals surface area contributed by atoms with E-state index in [-0.39, 0.29) is 23.7 Å². The molecule has 1 N–H and O–H groups in total. The maximum atomic E-state index is 12.3. The first-order valence-corrected chi connectivity index (χ1v) is 7.17. The van der Waals surface area contributed by atoms with Gasteiger partial charge in [-0.05, 0) is 22.3 Å². The zero-order valence-corrected chi connectivity index (χ0v) is 11.7. The van der Waals surface area contributed by atoms with Crippen molar-refractivity contribution < 1.29 is 14.6 Å². The van der Waals surface area contributed by atoms with Gasteiger partial charge in [-0.15, -0.1) is 0 Å². The predicted molar refractivity (Wildman–Crippen MR) is 77.9 cm³/mol. The van der Waals surface area contributed by atoms with Crippen molar-refractivity contribution in [3.63, 3.8) is 0 Å². The summed E-state index contributed by atoms with van der Waals surface area (Å²) in [6.45, 7) is 0. The van der Waals surface area contributed by atoms with Gasteiger partial charge >= 0.3 is 5.97 Å². The fraction of sp³-hybridized carbons (Fsp3) is 0.278. The van der Waals surface area contributed by atoms with E-state index in [4.69, 9.17) is 4.74 Å². The molecule has 2 aliphatic carbocycles. The normalized spacial score (nSPS) is 28.7. The molecule has 0 aliphatic heterocycles. The smallest absolute Gasteiger partial charge is 0.310 e. The van der Waals surface area contributed by atoms with Gasteiger partial charge in [-0.1, -0.05) is 48.5 Å². The summed E-state index contributed by atoms with van der Waals surface area (Å²) in [7, 11) is 1.42. The summed E-state index contributed by atoms with van der Waals surface area (Å²) in [4.78, 5) is 12.3. The van der Waals surface area contributed by atoms with Crippen molar-refractivity contribution in [2.75, 3.05) is 7.11 Å². The van der Waals surface area contributed by atoms with Crippen LogP contribution in [0.1, 0.15) is 40.2 Å². The maximum absolute atomic E-state index is 12.3. The molecule has 21 heavy (non-hydrogen) atoms. The fourth-order valence-corrected chi connectivity index (χ4v) is 4.10. The minimum absolute atomic E-state index is 0.0155. The molecule has 2 aliphatic rings. The lowest BCUT2D eigenvalue weighted by Gasteiger charge is -2.34. The van der Waals surface area contributed by atoms with Crippen LogP contribution < -0.4 is 0 Å². The zero-order chi connectivity index (χ0) is 14.6. The third-order valence-electron chi connectivity index (χ3n) is 4.90. The van der Waals surface area contributed by atoms with Crippen LogP contribution in [-0.4, -0.2) is 18.2 Å². The van der Waals surface area contributed by atoms with Gasteiger partial charge in [0.05, 0.1) is 19.1 Å². The molecule has 0 saturated heterocycles. The van der Waals surface area contributed by atoms with Crippen LogP contribution in [0.2, 0.25) is 0 Å². The second-order valence-electron chi connectivity index (χ2n) is 5.76. The zero-order valence-electron chi connectivity index (χ0n) is 11.7. The van der Waals surface area contributed by atoms with E-state index in [2.05, 4.69) is 6.07 Å². The van der Waals surface area contributed by atoms with Gasteiger partial charge in [0.25, 0.3) is 0 Å². The molecule has 3 heteroatoms. The molecule has 0 radical (unpaired) electrons. The van der Waals surface area contributed by atoms with Crippen LogP contribution >= 0.6 is 0 Å². The number of aliphatic hydroxyl groups excluding tert-OH is 1. The van der Waals surface area contributed by atoms with Gasteiger partial charge in [0.1, 0.15) is 0 Å². The number of carbonyl (C=O) groups is 1. The van der Waals surface area contributed by atoms with Crippen molar-refractivity contribution in [3.8, 4) is 0 Å². The van der Waals surface area contributed by atoms with Gasteiger partial charge in [0, 0.05) is 11.8 Å². The number of esters is 1. The van der Waals surface area contributed by atoms with Crippen LogP contribution in [-0.2, 0) is 9.53 Å². The minimum Gasteiger partial charge on any atom is -0.469 e. The van der Waals surface area contributed by atoms with Crippen LogP contribution in [0.5, 0.6) is 0 Å². The van der Waals surface area contributed by atoms with Crippen molar-refractivity contribution in [2.24, 2.45) is 5.92 Å². The Hall–Kier alpha value is -2.13. The Labute approximate surface area is 123 Å². The van der Waals surface area contributed by atoms with Crippen LogP contribution in [0.3, 0.4) is 0 Å². The van der Waals surface area contributed by atoms with E-state index >= 15 is 0 Å². The minimum atomic E-state index is -0.662. The molecule has 0 spiro atoms. The highest BCUT2D eigenvalue weighted by Gasteiger charge is 2.53. The molecule has 3 nitrogen and oxygen atoms in total. The Morgan fingerprint density at radius 2 is 1.48 bits per heavy atom. The SMILES string of the molecule is COC(=O)C1C2c3ccccc3C(O)C1c1ccccc12. The third kappa shape index (κ3) is 1.55. The van der Waals surface area contributed by atoms with Gasteiger partial charge in [0.2, 0.25) is 0 Å². The van der Waals surface area contributed by atoms with Crippen LogP contribution in [0.4, 0.5) is 0 Å². The van der Waals surface area contributed by atoms with E-state index < -0.39 is 6.10 Å². The Bertz CT molecular complexity index is 722. The lowest BCUT2D eigenvalue weighted by atomic mass is 9.71. The Morgan fingerprint density at radius 3 is 2.10 bits per heavy atom. The van der Waals surface area contributed by atoms with Crippen LogP contribution in [0.15, 0.2) is 48.5 Å². The molecule has 4 rings (SSSR count). The van der Waals surface area contributed by atoms with E-state index in [0.29, 0.717) is 0 Å². The number of hydrogen-bond donors (Lipinski definition) is 1. The molecule has 2 bridgehead atoms. The molecule has 2 aromatic carbocycles. The summed E-state index contributed by atoms with van der Waals surface area (Å²) in [5.41, 5.74) is 4.19. The van der Waals surface area contributed by atoms with E-state index in [1.165, 1.54) is 7.11 Å². The van der Waals surface area contributed by atoms with Crippen molar-refractivity contribution in [2.45, 2.75) is 17.9 Å². The maximum Gasteiger partial charge on any atom is 0.310 e. The number of rotatable bonds is 1. The molecule has 0 heterocycles. The van der Waals surface area contributed by atoms with Gasteiger partial charge < -0.3 is 9.84 Å². The number of aliphatic hydroxyl groups is 1. The molecule has 2 aromatic rings. The number of ether oxygens (including phenoxy) is 1. The number of hydrogen-bond acceptors (Lipinski definition) is 3. The molecule has 4 atom stereocenters. The average Bonchev–Trinajstić information content (AvgIpc) is 2.83. The molecule has 0 saturated carbocycles. The first kappa shape index (κ1) is 12.6. The summed E-state index contributed by atoms with van der Waals surface area (Å²) in [6, 6.07) is 15.9. The molecule has 0 aromatic heterocycles. The van der Waals surface area contributed by atoms with Gasteiger partial charge in [-0.25, -0.2) is 0 Å². The van der Waals surface area contributed by atoms with Crippen molar-refractivity contribution in [3.05, 3.63) is 70.8 Å². The Kier molecular flexibility index (Phi) is 2.66. The highest BCUT2D eigenvalue weighted by Crippen LogP contribution is 2.59. The number of carbonyl (C=O) groups excluding carboxylic acids is 1. The lowest BCUT2D eigenvalue weighted by Crippen LogP contribution is -2.32. The third-order valence-corrected chi connectivity index (χ3v) is 4.90. The fourth-order valence-electron chi connectivity index (χ4n) is 4.10. The molecule has 0 amide bonds. The Balaban J connectivity index is 2.00. The summed E-state index contributed by atoms with van der Waals surface area (Å²) < 4.78 is 5.02. The molecule has 4 unspecified atom stereocenters. The highest BCUT2D eigenvalue weighted by atomic mass is 16.5. The highest BCUT2D eigenvalue weighted by molar-refractivity contribution is 5.79. The average molecular weight is 280 g/mol. The quantitative estimate of drug-likeness (QED) is 0.817. The Morgan fingerprint density at radius 1 is 0.952 bits per heavy atom. The largest absolute Gasteiger partial charge is 0.469 e. The summed E-state index contributed by atoms with van der Waals surface area (Å²) in [5.74, 6) is -0.807. The van der Waals surface area contributed by atoms with E-state index in [1.54, 1.807) is 0 Å². The second-order valence-corrected chi connectivity index (χ2v) is 5.76. The topological polar surface area (TPSA) is 46.5 Å². The van der Waals surface area contributed by atoms with E-state index in [9.17, 15) is 9.90 Å². The van der Waals surface area contributed by atoms with Crippen LogP contribution in [0, 0.1) is 5.92 Å². The van der Waals surface area contributed by atoms with Gasteiger partial charge in [0.15, 0.2) is 0 Å².